The minimum absolute atomic E-state index is 0.128. The monoisotopic (exact) mass is 685 g/mol. The summed E-state index contributed by atoms with van der Waals surface area (Å²) in [4.78, 5) is 29.8. The van der Waals surface area contributed by atoms with E-state index in [0.717, 1.165) is 19.1 Å². The highest BCUT2D eigenvalue weighted by atomic mass is 32.2. The molecule has 47 heavy (non-hydrogen) atoms. The first kappa shape index (κ1) is 34.7. The number of ether oxygens (including phenoxy) is 1. The van der Waals surface area contributed by atoms with Gasteiger partial charge in [-0.3, -0.25) is 4.79 Å². The highest BCUT2D eigenvalue weighted by Gasteiger charge is 2.57. The number of alkyl halides is 5. The normalized spacial score (nSPS) is 25.9. The van der Waals surface area contributed by atoms with E-state index in [4.69, 9.17) is 4.74 Å². The standard InChI is InChI=1S/C31H36F5N5O5S/c1-28(2,3)46-27(43)39-26(21-8-11-30(32,33)12-9-21)22-18-40-25(38-22)15-19(16-37-40)13-20-14-23(31(34,35)36)41(17-20)47(44,45)29(4)10-6-5-7-24(29)42/h5-7,10,13,15-16,18,21,23,26H,8-9,11-12,14,17H2,1-4H3,(H,39,43)/b20-13+/t23-,26-,29?/m0/s1. The summed E-state index contributed by atoms with van der Waals surface area (Å²) in [5, 5.41) is 7.06. The van der Waals surface area contributed by atoms with Gasteiger partial charge in [-0.15, -0.1) is 0 Å². The molecule has 1 aliphatic heterocycles. The number of amides is 1. The highest BCUT2D eigenvalue weighted by molar-refractivity contribution is 7.91. The molecule has 1 saturated heterocycles. The molecule has 1 N–H and O–H groups in total. The second-order valence-corrected chi connectivity index (χ2v) is 15.6. The molecular formula is C31H36F5N5O5S. The molecule has 2 fully saturated rings. The average Bonchev–Trinajstić information content (AvgIpc) is 3.57. The Hall–Kier alpha value is -3.66. The SMILES string of the molecule is CC(C)(C)OC(=O)N[C@H](c1cn2ncc(/C=C3\C[C@@H](C(F)(F)F)N(S(=O)(=O)C4(C)C=CC=CC4=O)C3)cc2n1)C1CCC(F)(F)CC1. The van der Waals surface area contributed by atoms with E-state index < -0.39 is 69.4 Å². The lowest BCUT2D eigenvalue weighted by Gasteiger charge is -2.33. The van der Waals surface area contributed by atoms with Crippen LogP contribution in [0.5, 0.6) is 0 Å². The van der Waals surface area contributed by atoms with Crippen LogP contribution >= 0.6 is 0 Å². The summed E-state index contributed by atoms with van der Waals surface area (Å²) in [6, 6.07) is -1.62. The van der Waals surface area contributed by atoms with Gasteiger partial charge in [-0.2, -0.15) is 22.6 Å². The molecule has 256 valence electrons. The third kappa shape index (κ3) is 7.27. The number of imidazole rings is 1. The van der Waals surface area contributed by atoms with Crippen molar-refractivity contribution in [3.05, 3.63) is 59.6 Å². The smallest absolute Gasteiger partial charge is 0.408 e. The lowest BCUT2D eigenvalue weighted by Crippen LogP contribution is -2.54. The van der Waals surface area contributed by atoms with Gasteiger partial charge >= 0.3 is 12.3 Å². The van der Waals surface area contributed by atoms with Crippen LogP contribution in [-0.4, -0.2) is 74.2 Å². The molecular weight excluding hydrogens is 649 g/mol. The fourth-order valence-corrected chi connectivity index (χ4v) is 8.01. The fourth-order valence-electron chi connectivity index (χ4n) is 6.09. The second kappa shape index (κ2) is 12.1. The first-order valence-corrected chi connectivity index (χ1v) is 16.5. The summed E-state index contributed by atoms with van der Waals surface area (Å²) in [5.41, 5.74) is 0.272. The Kier molecular flexibility index (Phi) is 8.92. The number of hydrogen-bond donors (Lipinski definition) is 1. The first-order chi connectivity index (χ1) is 21.7. The van der Waals surface area contributed by atoms with Crippen LogP contribution in [0.1, 0.15) is 77.1 Å². The van der Waals surface area contributed by atoms with Gasteiger partial charge in [0.05, 0.1) is 24.1 Å². The number of aromatic nitrogens is 3. The maximum Gasteiger partial charge on any atom is 0.408 e. The number of nitrogens with zero attached hydrogens (tertiary/aromatic N) is 4. The maximum atomic E-state index is 14.1. The molecule has 5 rings (SSSR count). The number of hydrogen-bond acceptors (Lipinski definition) is 7. The van der Waals surface area contributed by atoms with Gasteiger partial charge in [-0.25, -0.2) is 31.5 Å². The Labute approximate surface area is 268 Å². The molecule has 3 aliphatic rings. The Balaban J connectivity index is 1.44. The predicted molar refractivity (Wildman–Crippen MR) is 162 cm³/mol. The summed E-state index contributed by atoms with van der Waals surface area (Å²) in [7, 11) is -4.79. The summed E-state index contributed by atoms with van der Waals surface area (Å²) in [6.07, 6.45) is 2.29. The molecule has 3 atom stereocenters. The van der Waals surface area contributed by atoms with Crippen molar-refractivity contribution in [3.8, 4) is 0 Å². The number of carbonyl (C=O) groups excluding carboxylic acids is 2. The van der Waals surface area contributed by atoms with Crippen LogP contribution in [0.4, 0.5) is 26.7 Å². The number of fused-ring (bicyclic) bond motifs is 1. The van der Waals surface area contributed by atoms with Crippen LogP contribution < -0.4 is 5.32 Å². The van der Waals surface area contributed by atoms with E-state index >= 15 is 0 Å². The number of alkyl carbamates (subject to hydrolysis) is 1. The van der Waals surface area contributed by atoms with Gasteiger partial charge in [0.15, 0.2) is 16.2 Å². The molecule has 1 amide bonds. The lowest BCUT2D eigenvalue weighted by atomic mass is 9.81. The van der Waals surface area contributed by atoms with E-state index in [-0.39, 0.29) is 42.8 Å². The Morgan fingerprint density at radius 2 is 1.85 bits per heavy atom. The fraction of sp³-hybridized carbons (Fsp3) is 0.548. The molecule has 1 saturated carbocycles. The molecule has 2 aromatic rings. The van der Waals surface area contributed by atoms with Crippen molar-refractivity contribution in [2.75, 3.05) is 6.54 Å². The van der Waals surface area contributed by atoms with Crippen molar-refractivity contribution in [2.24, 2.45) is 5.92 Å². The zero-order valence-electron chi connectivity index (χ0n) is 26.2. The summed E-state index contributed by atoms with van der Waals surface area (Å²) < 4.78 is 102. The van der Waals surface area contributed by atoms with Crippen LogP contribution in [0.25, 0.3) is 11.7 Å². The summed E-state index contributed by atoms with van der Waals surface area (Å²) in [5.74, 6) is -4.01. The molecule has 10 nitrogen and oxygen atoms in total. The van der Waals surface area contributed by atoms with Gasteiger partial charge in [0, 0.05) is 19.4 Å². The van der Waals surface area contributed by atoms with Crippen LogP contribution in [-0.2, 0) is 19.6 Å². The van der Waals surface area contributed by atoms with E-state index in [2.05, 4.69) is 15.4 Å². The Morgan fingerprint density at radius 1 is 1.17 bits per heavy atom. The number of ketones is 1. The van der Waals surface area contributed by atoms with Gasteiger partial charge in [0.25, 0.3) is 0 Å². The van der Waals surface area contributed by atoms with Crippen molar-refractivity contribution < 1.29 is 44.7 Å². The van der Waals surface area contributed by atoms with Crippen molar-refractivity contribution in [3.63, 3.8) is 0 Å². The number of nitrogens with one attached hydrogen (secondary N) is 1. The first-order valence-electron chi connectivity index (χ1n) is 15.1. The molecule has 0 aromatic carbocycles. The Bertz CT molecular complexity index is 1750. The summed E-state index contributed by atoms with van der Waals surface area (Å²) in [6.45, 7) is 5.55. The number of sulfonamides is 1. The lowest BCUT2D eigenvalue weighted by molar-refractivity contribution is -0.164. The molecule has 16 heteroatoms. The topological polar surface area (TPSA) is 123 Å². The van der Waals surface area contributed by atoms with Crippen LogP contribution in [0.3, 0.4) is 0 Å². The van der Waals surface area contributed by atoms with Gasteiger partial charge in [0.2, 0.25) is 15.9 Å². The minimum atomic E-state index is -4.91. The quantitative estimate of drug-likeness (QED) is 0.375. The minimum Gasteiger partial charge on any atom is -0.444 e. The number of allylic oxidation sites excluding steroid dienone is 3. The van der Waals surface area contributed by atoms with E-state index in [1.165, 1.54) is 41.2 Å². The molecule has 0 spiro atoms. The largest absolute Gasteiger partial charge is 0.444 e. The number of carbonyl (C=O) groups is 2. The molecule has 3 heterocycles. The summed E-state index contributed by atoms with van der Waals surface area (Å²) >= 11 is 0. The van der Waals surface area contributed by atoms with Gasteiger partial charge in [-0.1, -0.05) is 29.9 Å². The molecule has 2 aromatic heterocycles. The molecule has 1 unspecified atom stereocenters. The van der Waals surface area contributed by atoms with Crippen molar-refractivity contribution >= 4 is 33.6 Å². The third-order valence-electron chi connectivity index (χ3n) is 8.60. The van der Waals surface area contributed by atoms with Crippen LogP contribution in [0.2, 0.25) is 0 Å². The van der Waals surface area contributed by atoms with Gasteiger partial charge < -0.3 is 10.1 Å². The van der Waals surface area contributed by atoms with Crippen LogP contribution in [0.15, 0.2) is 48.3 Å². The number of rotatable bonds is 6. The zero-order chi connectivity index (χ0) is 34.6. The number of halogens is 5. The predicted octanol–water partition coefficient (Wildman–Crippen LogP) is 5.92. The van der Waals surface area contributed by atoms with E-state index in [1.807, 2.05) is 0 Å². The van der Waals surface area contributed by atoms with E-state index in [9.17, 15) is 40.0 Å². The van der Waals surface area contributed by atoms with Crippen molar-refractivity contribution in [1.29, 1.82) is 0 Å². The van der Waals surface area contributed by atoms with Crippen molar-refractivity contribution in [1.82, 2.24) is 24.2 Å². The third-order valence-corrected chi connectivity index (χ3v) is 11.0. The van der Waals surface area contributed by atoms with E-state index in [0.29, 0.717) is 15.6 Å². The Morgan fingerprint density at radius 3 is 2.47 bits per heavy atom. The average molecular weight is 686 g/mol. The van der Waals surface area contributed by atoms with Gasteiger partial charge in [-0.05, 0) is 70.6 Å². The molecule has 2 aliphatic carbocycles. The molecule has 0 radical (unpaired) electrons. The maximum absolute atomic E-state index is 14.1. The van der Waals surface area contributed by atoms with Gasteiger partial charge in [0.1, 0.15) is 11.6 Å². The zero-order valence-corrected chi connectivity index (χ0v) is 27.0. The molecule has 0 bridgehead atoms. The second-order valence-electron chi connectivity index (χ2n) is 13.4. The van der Waals surface area contributed by atoms with Crippen LogP contribution in [0, 0.1) is 5.92 Å². The van der Waals surface area contributed by atoms with Crippen molar-refractivity contribution in [2.45, 2.75) is 94.3 Å². The van der Waals surface area contributed by atoms with E-state index in [1.54, 1.807) is 20.8 Å². The highest BCUT2D eigenvalue weighted by Crippen LogP contribution is 2.43.